The van der Waals surface area contributed by atoms with Gasteiger partial charge in [0.05, 0.1) is 0 Å². The minimum absolute atomic E-state index is 0.766. The van der Waals surface area contributed by atoms with Crippen molar-refractivity contribution in [2.75, 3.05) is 33.7 Å². The number of hydrogen-bond acceptors (Lipinski definition) is 3. The predicted molar refractivity (Wildman–Crippen MR) is 90.4 cm³/mol. The van der Waals surface area contributed by atoms with Crippen molar-refractivity contribution in [3.05, 3.63) is 35.4 Å². The van der Waals surface area contributed by atoms with Crippen molar-refractivity contribution in [2.24, 2.45) is 0 Å². The molecule has 1 aromatic rings. The molecule has 3 nitrogen and oxygen atoms in total. The van der Waals surface area contributed by atoms with Crippen LogP contribution in [0.5, 0.6) is 0 Å². The Morgan fingerprint density at radius 2 is 1.81 bits per heavy atom. The van der Waals surface area contributed by atoms with Gasteiger partial charge in [0.1, 0.15) is 0 Å². The first kappa shape index (κ1) is 16.5. The molecule has 1 heterocycles. The minimum Gasteiger partial charge on any atom is -0.313 e. The second-order valence-electron chi connectivity index (χ2n) is 6.42. The molecule has 1 N–H and O–H groups in total. The van der Waals surface area contributed by atoms with Gasteiger partial charge in [-0.3, -0.25) is 4.90 Å². The molecule has 0 saturated carbocycles. The zero-order valence-electron chi connectivity index (χ0n) is 13.9. The van der Waals surface area contributed by atoms with Crippen molar-refractivity contribution >= 4 is 0 Å². The Labute approximate surface area is 130 Å². The van der Waals surface area contributed by atoms with Crippen molar-refractivity contribution in [1.29, 1.82) is 0 Å². The van der Waals surface area contributed by atoms with Crippen molar-refractivity contribution in [1.82, 2.24) is 15.1 Å². The van der Waals surface area contributed by atoms with Crippen LogP contribution in [0.15, 0.2) is 24.3 Å². The van der Waals surface area contributed by atoms with Gasteiger partial charge in [-0.2, -0.15) is 0 Å². The number of hydrogen-bond donors (Lipinski definition) is 1. The van der Waals surface area contributed by atoms with Gasteiger partial charge in [-0.05, 0) is 64.1 Å². The van der Waals surface area contributed by atoms with Gasteiger partial charge in [0.15, 0.2) is 0 Å². The molecule has 1 aliphatic rings. The molecule has 21 heavy (non-hydrogen) atoms. The maximum atomic E-state index is 3.53. The zero-order chi connectivity index (χ0) is 15.1. The van der Waals surface area contributed by atoms with E-state index in [0.29, 0.717) is 0 Å². The lowest BCUT2D eigenvalue weighted by Gasteiger charge is -2.35. The van der Waals surface area contributed by atoms with Crippen LogP contribution in [-0.2, 0) is 13.1 Å². The Morgan fingerprint density at radius 3 is 2.43 bits per heavy atom. The first-order valence-corrected chi connectivity index (χ1v) is 8.37. The van der Waals surface area contributed by atoms with E-state index in [1.165, 1.54) is 43.5 Å². The monoisotopic (exact) mass is 289 g/mol. The molecule has 0 aromatic heterocycles. The average molecular weight is 289 g/mol. The van der Waals surface area contributed by atoms with Crippen LogP contribution in [0.2, 0.25) is 0 Å². The molecule has 1 fully saturated rings. The summed E-state index contributed by atoms with van der Waals surface area (Å²) in [7, 11) is 4.41. The second kappa shape index (κ2) is 8.52. The van der Waals surface area contributed by atoms with Gasteiger partial charge < -0.3 is 10.2 Å². The van der Waals surface area contributed by atoms with Crippen molar-refractivity contribution in [2.45, 2.75) is 45.3 Å². The highest BCUT2D eigenvalue weighted by atomic mass is 15.2. The third kappa shape index (κ3) is 5.10. The highest BCUT2D eigenvalue weighted by Gasteiger charge is 2.20. The fourth-order valence-electron chi connectivity index (χ4n) is 3.12. The molecule has 0 amide bonds. The highest BCUT2D eigenvalue weighted by Crippen LogP contribution is 2.18. The number of benzene rings is 1. The van der Waals surface area contributed by atoms with E-state index < -0.39 is 0 Å². The maximum absolute atomic E-state index is 3.53. The summed E-state index contributed by atoms with van der Waals surface area (Å²) in [5.74, 6) is 0. The van der Waals surface area contributed by atoms with E-state index in [1.54, 1.807) is 0 Å². The lowest BCUT2D eigenvalue weighted by Crippen LogP contribution is -2.41. The molecule has 0 radical (unpaired) electrons. The van der Waals surface area contributed by atoms with Gasteiger partial charge in [-0.1, -0.05) is 31.2 Å². The van der Waals surface area contributed by atoms with Crippen LogP contribution in [0.1, 0.15) is 37.3 Å². The number of piperidine rings is 1. The predicted octanol–water partition coefficient (Wildman–Crippen LogP) is 2.71. The topological polar surface area (TPSA) is 18.5 Å². The van der Waals surface area contributed by atoms with Crippen LogP contribution in [0, 0.1) is 0 Å². The van der Waals surface area contributed by atoms with Crippen LogP contribution in [0.4, 0.5) is 0 Å². The molecule has 0 unspecified atom stereocenters. The Kier molecular flexibility index (Phi) is 6.68. The fourth-order valence-corrected chi connectivity index (χ4v) is 3.12. The summed E-state index contributed by atoms with van der Waals surface area (Å²) in [6, 6.07) is 9.66. The van der Waals surface area contributed by atoms with Gasteiger partial charge in [0, 0.05) is 19.1 Å². The number of nitrogens with zero attached hydrogens (tertiary/aromatic N) is 2. The van der Waals surface area contributed by atoms with Crippen molar-refractivity contribution in [3.63, 3.8) is 0 Å². The van der Waals surface area contributed by atoms with Crippen LogP contribution in [0.25, 0.3) is 0 Å². The van der Waals surface area contributed by atoms with Gasteiger partial charge >= 0.3 is 0 Å². The lowest BCUT2D eigenvalue weighted by atomic mass is 10.0. The normalized spacial score (nSPS) is 17.5. The first-order chi connectivity index (χ1) is 10.2. The summed E-state index contributed by atoms with van der Waals surface area (Å²) in [5.41, 5.74) is 2.95. The van der Waals surface area contributed by atoms with Crippen LogP contribution in [-0.4, -0.2) is 49.6 Å². The number of likely N-dealkylation sites (tertiary alicyclic amines) is 1. The molecule has 0 aliphatic carbocycles. The van der Waals surface area contributed by atoms with Crippen molar-refractivity contribution in [3.8, 4) is 0 Å². The van der Waals surface area contributed by atoms with E-state index in [-0.39, 0.29) is 0 Å². The summed E-state index contributed by atoms with van der Waals surface area (Å²) in [6.07, 6.45) is 3.78. The van der Waals surface area contributed by atoms with Gasteiger partial charge in [-0.15, -0.1) is 0 Å². The molecule has 0 spiro atoms. The molecular weight excluding hydrogens is 258 g/mol. The van der Waals surface area contributed by atoms with E-state index in [4.69, 9.17) is 0 Å². The molecular formula is C18H31N3. The van der Waals surface area contributed by atoms with E-state index in [0.717, 1.165) is 25.7 Å². The van der Waals surface area contributed by atoms with E-state index in [1.807, 2.05) is 0 Å². The highest BCUT2D eigenvalue weighted by molar-refractivity contribution is 5.27. The summed E-state index contributed by atoms with van der Waals surface area (Å²) >= 11 is 0. The molecule has 1 aliphatic heterocycles. The van der Waals surface area contributed by atoms with E-state index >= 15 is 0 Å². The van der Waals surface area contributed by atoms with E-state index in [9.17, 15) is 0 Å². The Morgan fingerprint density at radius 1 is 1.14 bits per heavy atom. The van der Waals surface area contributed by atoms with Crippen LogP contribution < -0.4 is 5.32 Å². The molecule has 1 aromatic carbocycles. The number of nitrogens with one attached hydrogen (secondary N) is 1. The average Bonchev–Trinajstić information content (AvgIpc) is 2.50. The van der Waals surface area contributed by atoms with Gasteiger partial charge in [-0.25, -0.2) is 0 Å². The molecule has 2 rings (SSSR count). The fraction of sp³-hybridized carbons (Fsp3) is 0.667. The van der Waals surface area contributed by atoms with E-state index in [2.05, 4.69) is 60.4 Å². The van der Waals surface area contributed by atoms with Crippen molar-refractivity contribution < 1.29 is 0 Å². The summed E-state index contributed by atoms with van der Waals surface area (Å²) in [6.45, 7) is 7.86. The first-order valence-electron chi connectivity index (χ1n) is 8.37. The Hall–Kier alpha value is -0.900. The molecule has 0 bridgehead atoms. The standard InChI is InChI=1S/C18H31N3/c1-4-11-19-14-16-7-5-6-8-17(16)15-21-12-9-18(10-13-21)20(2)3/h5-8,18-19H,4,9-15H2,1-3H3. The molecule has 0 atom stereocenters. The minimum atomic E-state index is 0.766. The largest absolute Gasteiger partial charge is 0.313 e. The lowest BCUT2D eigenvalue weighted by molar-refractivity contribution is 0.139. The maximum Gasteiger partial charge on any atom is 0.0236 e. The Bertz CT molecular complexity index is 409. The Balaban J connectivity index is 1.88. The summed E-state index contributed by atoms with van der Waals surface area (Å²) in [5, 5.41) is 3.53. The molecule has 3 heteroatoms. The SMILES string of the molecule is CCCNCc1ccccc1CN1CCC(N(C)C)CC1. The second-order valence-corrected chi connectivity index (χ2v) is 6.42. The third-order valence-electron chi connectivity index (χ3n) is 4.54. The molecule has 118 valence electrons. The van der Waals surface area contributed by atoms with Crippen LogP contribution >= 0.6 is 0 Å². The number of rotatable bonds is 7. The summed E-state index contributed by atoms with van der Waals surface area (Å²) < 4.78 is 0. The third-order valence-corrected chi connectivity index (χ3v) is 4.54. The zero-order valence-corrected chi connectivity index (χ0v) is 13.9. The van der Waals surface area contributed by atoms with Gasteiger partial charge in [0.25, 0.3) is 0 Å². The summed E-state index contributed by atoms with van der Waals surface area (Å²) in [4.78, 5) is 4.98. The van der Waals surface area contributed by atoms with Gasteiger partial charge in [0.2, 0.25) is 0 Å². The smallest absolute Gasteiger partial charge is 0.0236 e. The molecule has 1 saturated heterocycles. The van der Waals surface area contributed by atoms with Crippen LogP contribution in [0.3, 0.4) is 0 Å². The quantitative estimate of drug-likeness (QED) is 0.779.